The second-order valence-electron chi connectivity index (χ2n) is 21.7. The third-order valence-electron chi connectivity index (χ3n) is 18.5. The molecule has 1 aromatic rings. The number of carbonyl (C=O) groups excluding carboxylic acids is 1. The van der Waals surface area contributed by atoms with Crippen molar-refractivity contribution >= 4 is 15.8 Å². The van der Waals surface area contributed by atoms with Gasteiger partial charge in [-0.25, -0.2) is 13.4 Å². The topological polar surface area (TPSA) is 115 Å². The molecule has 5 aliphatic carbocycles. The highest BCUT2D eigenvalue weighted by Crippen LogP contribution is 2.71. The summed E-state index contributed by atoms with van der Waals surface area (Å²) in [5, 5.41) is 15.5. The average Bonchev–Trinajstić information content (AvgIpc) is 3.61. The number of aliphatic hydroxyl groups is 1. The molecule has 1 aromatic heterocycles. The molecule has 9 atom stereocenters. The number of hydrogen-bond acceptors (Lipinski definition) is 8. The first-order valence-electron chi connectivity index (χ1n) is 23.8. The minimum absolute atomic E-state index is 0.0207. The van der Waals surface area contributed by atoms with Crippen molar-refractivity contribution in [1.82, 2.24) is 10.3 Å². The standard InChI is InChI=1S/C51H78N2O6S/c1-9-58-45(54)49(35-59-43-15-10-11-31-52-43)23-19-38(20-24-49)41-14-12-13-39-16-17-42-44-40(36(2)3)21-25-51(44,53-32-28-50(55)29-33-60(56,57)34-30-50)27-26-48(42,8)47(39,7)22-18-37(4)46(41,5)6/h10-11,14-15,19,31,37,39-40,42,44,53,55H,2,9,12-13,16-18,20-30,32-35H2,1,3-8H3/b41-14-/t37?,39?,40-,42+,44?,47+,48+,49?,51-/m0/s1. The summed E-state index contributed by atoms with van der Waals surface area (Å²) < 4.78 is 36.1. The van der Waals surface area contributed by atoms with Crippen LogP contribution < -0.4 is 10.1 Å². The lowest BCUT2D eigenvalue weighted by Crippen LogP contribution is -2.64. The molecule has 6 aliphatic rings. The lowest BCUT2D eigenvalue weighted by atomic mass is 9.39. The van der Waals surface area contributed by atoms with Crippen LogP contribution in [0.4, 0.5) is 0 Å². The van der Waals surface area contributed by atoms with Gasteiger partial charge in [0, 0.05) is 17.8 Å². The van der Waals surface area contributed by atoms with E-state index in [0.29, 0.717) is 74.2 Å². The van der Waals surface area contributed by atoms with Gasteiger partial charge in [-0.2, -0.15) is 0 Å². The fourth-order valence-electron chi connectivity index (χ4n) is 13.9. The van der Waals surface area contributed by atoms with Crippen molar-refractivity contribution in [3.63, 3.8) is 0 Å². The van der Waals surface area contributed by atoms with Gasteiger partial charge < -0.3 is 19.9 Å². The van der Waals surface area contributed by atoms with E-state index in [0.717, 1.165) is 32.2 Å². The molecular formula is C51H78N2O6S. The van der Waals surface area contributed by atoms with Gasteiger partial charge in [0.15, 0.2) is 9.84 Å². The molecule has 4 fully saturated rings. The molecule has 2 N–H and O–H groups in total. The first kappa shape index (κ1) is 45.5. The van der Waals surface area contributed by atoms with E-state index in [1.165, 1.54) is 61.7 Å². The predicted octanol–water partition coefficient (Wildman–Crippen LogP) is 10.4. The summed E-state index contributed by atoms with van der Waals surface area (Å²) in [6.07, 6.45) is 22.0. The summed E-state index contributed by atoms with van der Waals surface area (Å²) in [6.45, 7) is 22.9. The van der Waals surface area contributed by atoms with Gasteiger partial charge in [-0.15, -0.1) is 0 Å². The average molecular weight is 847 g/mol. The van der Waals surface area contributed by atoms with Crippen molar-refractivity contribution in [2.24, 2.45) is 51.2 Å². The molecule has 0 spiro atoms. The molecule has 1 aliphatic heterocycles. The smallest absolute Gasteiger partial charge is 0.315 e. The Kier molecular flexibility index (Phi) is 13.1. The van der Waals surface area contributed by atoms with Gasteiger partial charge in [-0.1, -0.05) is 65.0 Å². The molecule has 4 unspecified atom stereocenters. The Morgan fingerprint density at radius 1 is 0.950 bits per heavy atom. The van der Waals surface area contributed by atoms with E-state index in [1.54, 1.807) is 6.20 Å². The summed E-state index contributed by atoms with van der Waals surface area (Å²) in [5.41, 5.74) is 3.04. The van der Waals surface area contributed by atoms with Gasteiger partial charge >= 0.3 is 5.97 Å². The van der Waals surface area contributed by atoms with Gasteiger partial charge in [0.2, 0.25) is 5.88 Å². The molecule has 0 aromatic carbocycles. The van der Waals surface area contributed by atoms with Crippen LogP contribution in [0.1, 0.15) is 151 Å². The van der Waals surface area contributed by atoms with Crippen molar-refractivity contribution in [2.45, 2.75) is 162 Å². The van der Waals surface area contributed by atoms with Crippen LogP contribution in [0.5, 0.6) is 5.88 Å². The zero-order valence-corrected chi connectivity index (χ0v) is 39.1. The minimum atomic E-state index is -3.03. The highest BCUT2D eigenvalue weighted by Gasteiger charge is 2.65. The fourth-order valence-corrected chi connectivity index (χ4v) is 15.5. The molecule has 0 radical (unpaired) electrons. The Labute approximate surface area is 363 Å². The lowest BCUT2D eigenvalue weighted by molar-refractivity contribution is -0.160. The van der Waals surface area contributed by atoms with Crippen LogP contribution in [0, 0.1) is 51.2 Å². The van der Waals surface area contributed by atoms with Crippen LogP contribution in [-0.4, -0.2) is 66.9 Å². The van der Waals surface area contributed by atoms with Crippen molar-refractivity contribution in [3.8, 4) is 5.88 Å². The minimum Gasteiger partial charge on any atom is -0.476 e. The fraction of sp³-hybridized carbons (Fsp3) is 0.765. The SMILES string of the molecule is C=C(C)[C@@H]1CC[C@]2(NCCC3(O)CCS(=O)(=O)CC3)CC[C@]3(C)[C@H](CCC4CC/C=C(/C5=CCC(COc6ccccn6)(C(=O)OCC)CC5)C(C)(C)C(C)CC[C@]43C)C12. The molecule has 7 rings (SSSR count). The van der Waals surface area contributed by atoms with E-state index in [-0.39, 0.29) is 45.9 Å². The molecule has 3 saturated carbocycles. The van der Waals surface area contributed by atoms with Gasteiger partial charge in [0.05, 0.1) is 23.7 Å². The Bertz CT molecular complexity index is 1890. The summed E-state index contributed by atoms with van der Waals surface area (Å²) in [7, 11) is -3.03. The number of nitrogens with one attached hydrogen (secondary N) is 1. The van der Waals surface area contributed by atoms with E-state index in [9.17, 15) is 18.3 Å². The number of esters is 1. The Morgan fingerprint density at radius 3 is 2.38 bits per heavy atom. The zero-order valence-electron chi connectivity index (χ0n) is 38.3. The number of hydrogen-bond donors (Lipinski definition) is 2. The van der Waals surface area contributed by atoms with Crippen LogP contribution in [0.2, 0.25) is 0 Å². The Balaban J connectivity index is 1.10. The maximum Gasteiger partial charge on any atom is 0.315 e. The van der Waals surface area contributed by atoms with E-state index in [1.807, 2.05) is 25.1 Å². The predicted molar refractivity (Wildman–Crippen MR) is 241 cm³/mol. The number of pyridine rings is 1. The largest absolute Gasteiger partial charge is 0.476 e. The molecule has 8 nitrogen and oxygen atoms in total. The van der Waals surface area contributed by atoms with Crippen LogP contribution in [-0.2, 0) is 19.4 Å². The van der Waals surface area contributed by atoms with Gasteiger partial charge in [0.1, 0.15) is 12.0 Å². The number of carbonyl (C=O) groups is 1. The first-order chi connectivity index (χ1) is 28.3. The Hall–Kier alpha value is -2.49. The van der Waals surface area contributed by atoms with Crippen molar-refractivity contribution < 1.29 is 27.8 Å². The van der Waals surface area contributed by atoms with Crippen LogP contribution in [0.25, 0.3) is 0 Å². The molecular weight excluding hydrogens is 769 g/mol. The van der Waals surface area contributed by atoms with Gasteiger partial charge in [0.25, 0.3) is 0 Å². The lowest BCUT2D eigenvalue weighted by Gasteiger charge is -2.66. The highest BCUT2D eigenvalue weighted by atomic mass is 32.2. The van der Waals surface area contributed by atoms with Gasteiger partial charge in [-0.05, 0) is 186 Å². The quantitative estimate of drug-likeness (QED) is 0.167. The maximum atomic E-state index is 13.5. The number of rotatable bonds is 11. The van der Waals surface area contributed by atoms with E-state index in [4.69, 9.17) is 9.47 Å². The third kappa shape index (κ3) is 8.47. The summed E-state index contributed by atoms with van der Waals surface area (Å²) >= 11 is 0. The second-order valence-corrected chi connectivity index (χ2v) is 24.0. The number of nitrogens with zero attached hydrogens (tertiary/aromatic N) is 1. The Morgan fingerprint density at radius 2 is 1.72 bits per heavy atom. The normalized spacial score (nSPS) is 39.4. The molecule has 9 heteroatoms. The van der Waals surface area contributed by atoms with Crippen LogP contribution in [0.3, 0.4) is 0 Å². The number of sulfone groups is 1. The molecule has 0 amide bonds. The van der Waals surface area contributed by atoms with Crippen LogP contribution in [0.15, 0.2) is 59.8 Å². The number of fused-ring (bicyclic) bond motifs is 5. The third-order valence-corrected chi connectivity index (χ3v) is 20.1. The van der Waals surface area contributed by atoms with Crippen molar-refractivity contribution in [3.05, 3.63) is 59.8 Å². The molecule has 0 bridgehead atoms. The van der Waals surface area contributed by atoms with E-state index >= 15 is 0 Å². The van der Waals surface area contributed by atoms with Crippen LogP contribution >= 0.6 is 0 Å². The molecule has 334 valence electrons. The second kappa shape index (κ2) is 17.2. The van der Waals surface area contributed by atoms with Crippen molar-refractivity contribution in [2.75, 3.05) is 31.3 Å². The number of ether oxygens (including phenoxy) is 2. The summed E-state index contributed by atoms with van der Waals surface area (Å²) in [4.78, 5) is 17.9. The zero-order chi connectivity index (χ0) is 43.2. The highest BCUT2D eigenvalue weighted by molar-refractivity contribution is 7.91. The monoisotopic (exact) mass is 847 g/mol. The number of aromatic nitrogens is 1. The van der Waals surface area contributed by atoms with E-state index in [2.05, 4.69) is 70.6 Å². The summed E-state index contributed by atoms with van der Waals surface area (Å²) in [5.74, 6) is 3.33. The number of allylic oxidation sites excluding steroid dienone is 5. The van der Waals surface area contributed by atoms with Crippen molar-refractivity contribution in [1.29, 1.82) is 0 Å². The first-order valence-corrected chi connectivity index (χ1v) is 25.6. The maximum absolute atomic E-state index is 13.5. The molecule has 2 heterocycles. The van der Waals surface area contributed by atoms with E-state index < -0.39 is 20.9 Å². The molecule has 1 saturated heterocycles. The summed E-state index contributed by atoms with van der Waals surface area (Å²) in [6, 6.07) is 5.61. The van der Waals surface area contributed by atoms with Gasteiger partial charge in [-0.3, -0.25) is 4.79 Å². The molecule has 60 heavy (non-hydrogen) atoms.